The third kappa shape index (κ3) is 4.47. The molecule has 1 rings (SSSR count). The molecule has 1 fully saturated rings. The predicted octanol–water partition coefficient (Wildman–Crippen LogP) is -0.0139. The third-order valence-electron chi connectivity index (χ3n) is 3.06. The summed E-state index contributed by atoms with van der Waals surface area (Å²) >= 11 is 0. The summed E-state index contributed by atoms with van der Waals surface area (Å²) in [5, 5.41) is 0. The van der Waals surface area contributed by atoms with Crippen molar-refractivity contribution in [1.82, 2.24) is 9.80 Å². The van der Waals surface area contributed by atoms with Crippen molar-refractivity contribution in [2.45, 2.75) is 24.9 Å². The fraction of sp³-hybridized carbons (Fsp3) is 1.00. The average molecular weight is 215 g/mol. The van der Waals surface area contributed by atoms with Crippen molar-refractivity contribution in [1.29, 1.82) is 0 Å². The Hall–Kier alpha value is -0.160. The highest BCUT2D eigenvalue weighted by Gasteiger charge is 2.25. The second-order valence-corrected chi connectivity index (χ2v) is 4.73. The molecule has 0 spiro atoms. The summed E-state index contributed by atoms with van der Waals surface area (Å²) in [6.45, 7) is 3.84. The highest BCUT2D eigenvalue weighted by atomic mass is 16.5. The van der Waals surface area contributed by atoms with Crippen molar-refractivity contribution in [3.63, 3.8) is 0 Å². The minimum Gasteiger partial charge on any atom is -0.380 e. The highest BCUT2D eigenvalue weighted by molar-refractivity contribution is 4.83. The van der Waals surface area contributed by atoms with Gasteiger partial charge >= 0.3 is 0 Å². The van der Waals surface area contributed by atoms with Crippen LogP contribution < -0.4 is 5.73 Å². The Labute approximate surface area is 93.4 Å². The second-order valence-electron chi connectivity index (χ2n) is 4.73. The lowest BCUT2D eigenvalue weighted by Gasteiger charge is -2.36. The van der Waals surface area contributed by atoms with Crippen LogP contribution in [-0.2, 0) is 4.74 Å². The smallest absolute Gasteiger partial charge is 0.0636 e. The molecule has 1 aliphatic rings. The van der Waals surface area contributed by atoms with Crippen LogP contribution in [-0.4, -0.2) is 69.3 Å². The van der Waals surface area contributed by atoms with E-state index in [-0.39, 0.29) is 6.04 Å². The van der Waals surface area contributed by atoms with Gasteiger partial charge in [-0.2, -0.15) is 0 Å². The minimum atomic E-state index is 0.281. The van der Waals surface area contributed by atoms with Gasteiger partial charge < -0.3 is 15.4 Å². The SMILES string of the molecule is CN(C)CCCN(C)C1COCCC1N. The van der Waals surface area contributed by atoms with Crippen LogP contribution in [0.4, 0.5) is 0 Å². The quantitative estimate of drug-likeness (QED) is 0.700. The largest absolute Gasteiger partial charge is 0.380 e. The standard InChI is InChI=1S/C11H25N3O/c1-13(2)6-4-7-14(3)11-9-15-8-5-10(11)12/h10-11H,4-9,12H2,1-3H3. The lowest BCUT2D eigenvalue weighted by molar-refractivity contribution is 0.0146. The number of rotatable bonds is 5. The lowest BCUT2D eigenvalue weighted by atomic mass is 10.0. The Morgan fingerprint density at radius 2 is 2.00 bits per heavy atom. The molecule has 4 nitrogen and oxygen atoms in total. The van der Waals surface area contributed by atoms with Crippen LogP contribution in [0.2, 0.25) is 0 Å². The molecule has 2 unspecified atom stereocenters. The molecule has 4 heteroatoms. The number of nitrogens with zero attached hydrogens (tertiary/aromatic N) is 2. The van der Waals surface area contributed by atoms with E-state index in [0.29, 0.717) is 6.04 Å². The molecule has 0 aromatic heterocycles. The monoisotopic (exact) mass is 215 g/mol. The van der Waals surface area contributed by atoms with Gasteiger partial charge in [-0.1, -0.05) is 0 Å². The molecule has 0 aromatic rings. The summed E-state index contributed by atoms with van der Waals surface area (Å²) in [5.74, 6) is 0. The van der Waals surface area contributed by atoms with E-state index in [4.69, 9.17) is 10.5 Å². The number of likely N-dealkylation sites (N-methyl/N-ethyl adjacent to an activating group) is 1. The Morgan fingerprint density at radius 3 is 2.60 bits per heavy atom. The average Bonchev–Trinajstić information content (AvgIpc) is 2.17. The van der Waals surface area contributed by atoms with Gasteiger partial charge in [0, 0.05) is 18.7 Å². The van der Waals surface area contributed by atoms with Crippen LogP contribution in [0.25, 0.3) is 0 Å². The van der Waals surface area contributed by atoms with Crippen molar-refractivity contribution in [3.8, 4) is 0 Å². The molecule has 2 atom stereocenters. The minimum absolute atomic E-state index is 0.281. The first-order chi connectivity index (χ1) is 7.11. The first kappa shape index (κ1) is 12.9. The van der Waals surface area contributed by atoms with Crippen molar-refractivity contribution in [3.05, 3.63) is 0 Å². The van der Waals surface area contributed by atoms with Crippen LogP contribution in [0.15, 0.2) is 0 Å². The normalized spacial score (nSPS) is 27.6. The van der Waals surface area contributed by atoms with Gasteiger partial charge in [-0.3, -0.25) is 4.90 Å². The molecule has 1 aliphatic heterocycles. The van der Waals surface area contributed by atoms with Gasteiger partial charge in [0.15, 0.2) is 0 Å². The fourth-order valence-corrected chi connectivity index (χ4v) is 2.00. The van der Waals surface area contributed by atoms with E-state index in [1.165, 1.54) is 6.42 Å². The molecule has 0 aromatic carbocycles. The van der Waals surface area contributed by atoms with E-state index >= 15 is 0 Å². The molecular weight excluding hydrogens is 190 g/mol. The Kier molecular flexibility index (Phi) is 5.53. The number of nitrogens with two attached hydrogens (primary N) is 1. The van der Waals surface area contributed by atoms with Crippen LogP contribution in [0.1, 0.15) is 12.8 Å². The molecule has 90 valence electrons. The Bertz CT molecular complexity index is 175. The number of hydrogen-bond acceptors (Lipinski definition) is 4. The summed E-state index contributed by atoms with van der Waals surface area (Å²) in [4.78, 5) is 4.55. The molecule has 1 heterocycles. The van der Waals surface area contributed by atoms with Gasteiger partial charge in [0.2, 0.25) is 0 Å². The maximum absolute atomic E-state index is 6.08. The molecule has 2 N–H and O–H groups in total. The van der Waals surface area contributed by atoms with E-state index in [1.54, 1.807) is 0 Å². The Morgan fingerprint density at radius 1 is 1.27 bits per heavy atom. The number of hydrogen-bond donors (Lipinski definition) is 1. The van der Waals surface area contributed by atoms with Gasteiger partial charge in [-0.15, -0.1) is 0 Å². The molecule has 0 radical (unpaired) electrons. The van der Waals surface area contributed by atoms with E-state index < -0.39 is 0 Å². The van der Waals surface area contributed by atoms with Crippen molar-refractivity contribution in [2.75, 3.05) is 47.4 Å². The van der Waals surface area contributed by atoms with Gasteiger partial charge in [0.25, 0.3) is 0 Å². The summed E-state index contributed by atoms with van der Waals surface area (Å²) in [6, 6.07) is 0.684. The zero-order valence-corrected chi connectivity index (χ0v) is 10.3. The fourth-order valence-electron chi connectivity index (χ4n) is 2.00. The summed E-state index contributed by atoms with van der Waals surface area (Å²) in [7, 11) is 6.36. The third-order valence-corrected chi connectivity index (χ3v) is 3.06. The van der Waals surface area contributed by atoms with E-state index in [1.807, 2.05) is 0 Å². The van der Waals surface area contributed by atoms with Crippen LogP contribution in [0.3, 0.4) is 0 Å². The molecular formula is C11H25N3O. The van der Waals surface area contributed by atoms with E-state index in [9.17, 15) is 0 Å². The lowest BCUT2D eigenvalue weighted by Crippen LogP contribution is -2.52. The first-order valence-corrected chi connectivity index (χ1v) is 5.79. The van der Waals surface area contributed by atoms with Gasteiger partial charge in [-0.25, -0.2) is 0 Å². The van der Waals surface area contributed by atoms with Crippen LogP contribution >= 0.6 is 0 Å². The first-order valence-electron chi connectivity index (χ1n) is 5.79. The maximum Gasteiger partial charge on any atom is 0.0636 e. The molecule has 0 aliphatic carbocycles. The van der Waals surface area contributed by atoms with Gasteiger partial charge in [0.05, 0.1) is 6.61 Å². The zero-order chi connectivity index (χ0) is 11.3. The highest BCUT2D eigenvalue weighted by Crippen LogP contribution is 2.11. The summed E-state index contributed by atoms with van der Waals surface area (Å²) < 4.78 is 5.47. The van der Waals surface area contributed by atoms with Crippen LogP contribution in [0.5, 0.6) is 0 Å². The Balaban J connectivity index is 2.22. The van der Waals surface area contributed by atoms with E-state index in [0.717, 1.165) is 32.7 Å². The van der Waals surface area contributed by atoms with E-state index in [2.05, 4.69) is 30.9 Å². The second kappa shape index (κ2) is 6.43. The van der Waals surface area contributed by atoms with Gasteiger partial charge in [0.1, 0.15) is 0 Å². The molecule has 1 saturated heterocycles. The predicted molar refractivity (Wildman–Crippen MR) is 63.0 cm³/mol. The maximum atomic E-state index is 6.08. The van der Waals surface area contributed by atoms with Crippen LogP contribution in [0, 0.1) is 0 Å². The molecule has 15 heavy (non-hydrogen) atoms. The summed E-state index contributed by atoms with van der Waals surface area (Å²) in [5.41, 5.74) is 6.08. The van der Waals surface area contributed by atoms with Gasteiger partial charge in [-0.05, 0) is 47.1 Å². The van der Waals surface area contributed by atoms with Crippen molar-refractivity contribution >= 4 is 0 Å². The van der Waals surface area contributed by atoms with Crippen molar-refractivity contribution < 1.29 is 4.74 Å². The molecule has 0 amide bonds. The zero-order valence-electron chi connectivity index (χ0n) is 10.3. The topological polar surface area (TPSA) is 41.7 Å². The number of ether oxygens (including phenoxy) is 1. The summed E-state index contributed by atoms with van der Waals surface area (Å²) in [6.07, 6.45) is 2.18. The molecule has 0 saturated carbocycles. The molecule has 0 bridgehead atoms. The van der Waals surface area contributed by atoms with Crippen molar-refractivity contribution in [2.24, 2.45) is 5.73 Å².